The fourth-order valence-electron chi connectivity index (χ4n) is 4.78. The number of amides is 1. The Hall–Kier alpha value is -0.570. The highest BCUT2D eigenvalue weighted by molar-refractivity contribution is 5.79. The molecule has 3 rings (SSSR count). The summed E-state index contributed by atoms with van der Waals surface area (Å²) in [7, 11) is 0. The lowest BCUT2D eigenvalue weighted by Crippen LogP contribution is -2.51. The van der Waals surface area contributed by atoms with Crippen LogP contribution in [0.5, 0.6) is 0 Å². The molecule has 2 saturated carbocycles. The highest BCUT2D eigenvalue weighted by Crippen LogP contribution is 2.37. The molecule has 1 saturated heterocycles. The molecule has 1 aliphatic heterocycles. The summed E-state index contributed by atoms with van der Waals surface area (Å²) in [6.07, 6.45) is 12.4. The molecule has 2 atom stereocenters. The fraction of sp³-hybridized carbons (Fsp3) is 0.941. The largest absolute Gasteiger partial charge is 0.339 e. The van der Waals surface area contributed by atoms with E-state index in [9.17, 15) is 4.79 Å². The Bertz CT molecular complexity index is 334. The Labute approximate surface area is 123 Å². The average molecular weight is 278 g/mol. The van der Waals surface area contributed by atoms with E-state index in [0.717, 1.165) is 44.7 Å². The van der Waals surface area contributed by atoms with Crippen LogP contribution in [0.2, 0.25) is 0 Å². The van der Waals surface area contributed by atoms with Crippen molar-refractivity contribution in [3.63, 3.8) is 0 Å². The molecule has 2 unspecified atom stereocenters. The molecule has 114 valence electrons. The Kier molecular flexibility index (Phi) is 4.65. The third-order valence-corrected chi connectivity index (χ3v) is 6.06. The van der Waals surface area contributed by atoms with Crippen LogP contribution in [0, 0.1) is 17.8 Å². The molecule has 0 radical (unpaired) electrons. The lowest BCUT2D eigenvalue weighted by Gasteiger charge is -2.45. The van der Waals surface area contributed by atoms with Crippen LogP contribution in [0.4, 0.5) is 0 Å². The van der Waals surface area contributed by atoms with Crippen molar-refractivity contribution in [1.82, 2.24) is 4.90 Å². The van der Waals surface area contributed by atoms with Gasteiger partial charge in [-0.05, 0) is 69.7 Å². The summed E-state index contributed by atoms with van der Waals surface area (Å²) in [5.74, 6) is 2.26. The van der Waals surface area contributed by atoms with Crippen LogP contribution in [-0.4, -0.2) is 29.9 Å². The van der Waals surface area contributed by atoms with Crippen LogP contribution in [0.15, 0.2) is 0 Å². The summed E-state index contributed by atoms with van der Waals surface area (Å²) in [6, 6.07) is 0.581. The second-order valence-electron chi connectivity index (χ2n) is 7.24. The number of rotatable bonds is 2. The van der Waals surface area contributed by atoms with E-state index in [2.05, 4.69) is 4.90 Å². The van der Waals surface area contributed by atoms with Crippen LogP contribution in [0.1, 0.15) is 64.2 Å². The minimum Gasteiger partial charge on any atom is -0.339 e. The van der Waals surface area contributed by atoms with E-state index >= 15 is 0 Å². The predicted octanol–water partition coefficient (Wildman–Crippen LogP) is 2.93. The van der Waals surface area contributed by atoms with Crippen LogP contribution in [0.3, 0.4) is 0 Å². The van der Waals surface area contributed by atoms with Gasteiger partial charge in [-0.1, -0.05) is 12.8 Å². The van der Waals surface area contributed by atoms with Gasteiger partial charge in [-0.2, -0.15) is 0 Å². The number of carbonyl (C=O) groups excluding carboxylic acids is 1. The van der Waals surface area contributed by atoms with Gasteiger partial charge in [-0.15, -0.1) is 0 Å². The van der Waals surface area contributed by atoms with E-state index in [-0.39, 0.29) is 0 Å². The smallest absolute Gasteiger partial charge is 0.225 e. The minimum atomic E-state index is 0.304. The first-order valence-electron chi connectivity index (χ1n) is 8.80. The zero-order valence-electron chi connectivity index (χ0n) is 12.7. The summed E-state index contributed by atoms with van der Waals surface area (Å²) in [5.41, 5.74) is 5.76. The highest BCUT2D eigenvalue weighted by Gasteiger charge is 2.38. The molecule has 0 aromatic carbocycles. The molecule has 0 aromatic rings. The molecule has 2 aliphatic carbocycles. The van der Waals surface area contributed by atoms with Gasteiger partial charge in [0, 0.05) is 18.5 Å². The van der Waals surface area contributed by atoms with Crippen molar-refractivity contribution in [3.05, 3.63) is 0 Å². The van der Waals surface area contributed by atoms with Crippen molar-refractivity contribution in [3.8, 4) is 0 Å². The van der Waals surface area contributed by atoms with Crippen molar-refractivity contribution >= 4 is 5.91 Å². The van der Waals surface area contributed by atoms with E-state index in [1.807, 2.05) is 0 Å². The molecule has 20 heavy (non-hydrogen) atoms. The SMILES string of the molecule is NCC1CCC(C(=O)N2CCCC3CCCCC32)CC1. The van der Waals surface area contributed by atoms with Gasteiger partial charge in [0.2, 0.25) is 5.91 Å². The van der Waals surface area contributed by atoms with Gasteiger partial charge in [0.15, 0.2) is 0 Å². The van der Waals surface area contributed by atoms with Crippen molar-refractivity contribution < 1.29 is 4.79 Å². The van der Waals surface area contributed by atoms with Gasteiger partial charge in [-0.3, -0.25) is 4.79 Å². The third-order valence-electron chi connectivity index (χ3n) is 6.06. The number of fused-ring (bicyclic) bond motifs is 1. The predicted molar refractivity (Wildman–Crippen MR) is 81.2 cm³/mol. The van der Waals surface area contributed by atoms with Crippen LogP contribution in [0.25, 0.3) is 0 Å². The van der Waals surface area contributed by atoms with Crippen molar-refractivity contribution in [2.75, 3.05) is 13.1 Å². The fourth-order valence-corrected chi connectivity index (χ4v) is 4.78. The summed E-state index contributed by atoms with van der Waals surface area (Å²) in [6.45, 7) is 1.83. The molecule has 1 amide bonds. The van der Waals surface area contributed by atoms with Crippen LogP contribution in [-0.2, 0) is 4.79 Å². The monoisotopic (exact) mass is 278 g/mol. The van der Waals surface area contributed by atoms with Crippen molar-refractivity contribution in [2.45, 2.75) is 70.3 Å². The van der Waals surface area contributed by atoms with Gasteiger partial charge < -0.3 is 10.6 Å². The summed E-state index contributed by atoms with van der Waals surface area (Å²) in [5, 5.41) is 0. The second kappa shape index (κ2) is 6.46. The molecular formula is C17H30N2O. The number of hydrogen-bond donors (Lipinski definition) is 1. The Morgan fingerprint density at radius 1 is 0.950 bits per heavy atom. The maximum atomic E-state index is 12.9. The topological polar surface area (TPSA) is 46.3 Å². The summed E-state index contributed by atoms with van der Waals surface area (Å²) < 4.78 is 0. The molecule has 3 heteroatoms. The van der Waals surface area contributed by atoms with E-state index in [4.69, 9.17) is 5.73 Å². The normalized spacial score (nSPS) is 38.4. The van der Waals surface area contributed by atoms with E-state index in [0.29, 0.717) is 23.8 Å². The quantitative estimate of drug-likeness (QED) is 0.844. The van der Waals surface area contributed by atoms with Crippen molar-refractivity contribution in [2.24, 2.45) is 23.5 Å². The maximum absolute atomic E-state index is 12.9. The number of nitrogens with zero attached hydrogens (tertiary/aromatic N) is 1. The number of nitrogens with two attached hydrogens (primary N) is 1. The van der Waals surface area contributed by atoms with E-state index in [1.54, 1.807) is 0 Å². The molecule has 0 aromatic heterocycles. The number of piperidine rings is 1. The maximum Gasteiger partial charge on any atom is 0.225 e. The standard InChI is InChI=1S/C17H30N2O/c18-12-13-7-9-15(10-8-13)17(20)19-11-3-5-14-4-1-2-6-16(14)19/h13-16H,1-12,18H2. The van der Waals surface area contributed by atoms with Gasteiger partial charge in [0.05, 0.1) is 0 Å². The molecule has 1 heterocycles. The minimum absolute atomic E-state index is 0.304. The average Bonchev–Trinajstić information content (AvgIpc) is 2.54. The van der Waals surface area contributed by atoms with Gasteiger partial charge >= 0.3 is 0 Å². The zero-order valence-corrected chi connectivity index (χ0v) is 12.7. The molecule has 2 N–H and O–H groups in total. The van der Waals surface area contributed by atoms with Gasteiger partial charge in [0.1, 0.15) is 0 Å². The lowest BCUT2D eigenvalue weighted by atomic mass is 9.76. The van der Waals surface area contributed by atoms with E-state index in [1.165, 1.54) is 38.5 Å². The molecule has 3 fully saturated rings. The molecule has 0 spiro atoms. The number of carbonyl (C=O) groups is 1. The van der Waals surface area contributed by atoms with Crippen LogP contribution >= 0.6 is 0 Å². The molecule has 3 nitrogen and oxygen atoms in total. The van der Waals surface area contributed by atoms with Crippen LogP contribution < -0.4 is 5.73 Å². The first kappa shape index (κ1) is 14.4. The third kappa shape index (κ3) is 2.88. The Morgan fingerprint density at radius 2 is 1.65 bits per heavy atom. The number of hydrogen-bond acceptors (Lipinski definition) is 2. The first-order valence-corrected chi connectivity index (χ1v) is 8.80. The Balaban J connectivity index is 1.61. The second-order valence-corrected chi connectivity index (χ2v) is 7.24. The number of likely N-dealkylation sites (tertiary alicyclic amines) is 1. The molecule has 3 aliphatic rings. The lowest BCUT2D eigenvalue weighted by molar-refractivity contribution is -0.143. The van der Waals surface area contributed by atoms with Crippen molar-refractivity contribution in [1.29, 1.82) is 0 Å². The summed E-state index contributed by atoms with van der Waals surface area (Å²) >= 11 is 0. The van der Waals surface area contributed by atoms with Gasteiger partial charge in [0.25, 0.3) is 0 Å². The first-order chi connectivity index (χ1) is 9.79. The molecular weight excluding hydrogens is 248 g/mol. The summed E-state index contributed by atoms with van der Waals surface area (Å²) in [4.78, 5) is 15.2. The van der Waals surface area contributed by atoms with Gasteiger partial charge in [-0.25, -0.2) is 0 Å². The highest BCUT2D eigenvalue weighted by atomic mass is 16.2. The Morgan fingerprint density at radius 3 is 2.40 bits per heavy atom. The molecule has 0 bridgehead atoms. The van der Waals surface area contributed by atoms with E-state index < -0.39 is 0 Å². The zero-order chi connectivity index (χ0) is 13.9.